The van der Waals surface area contributed by atoms with Crippen LogP contribution in [-0.4, -0.2) is 43.0 Å². The fourth-order valence-electron chi connectivity index (χ4n) is 2.72. The van der Waals surface area contributed by atoms with Crippen molar-refractivity contribution in [2.75, 3.05) is 13.2 Å². The van der Waals surface area contributed by atoms with Crippen LogP contribution in [0, 0.1) is 5.92 Å². The third-order valence-electron chi connectivity index (χ3n) is 3.91. The minimum Gasteiger partial charge on any atom is -0.444 e. The molecule has 0 aliphatic heterocycles. The van der Waals surface area contributed by atoms with Crippen molar-refractivity contribution in [3.05, 3.63) is 0 Å². The number of carbonyl (C=O) groups is 1. The first-order valence-electron chi connectivity index (χ1n) is 8.54. The van der Waals surface area contributed by atoms with Crippen LogP contribution in [0.3, 0.4) is 0 Å². The Morgan fingerprint density at radius 1 is 1.23 bits per heavy atom. The van der Waals surface area contributed by atoms with E-state index in [0.717, 1.165) is 32.5 Å². The Hall–Kier alpha value is -0.810. The SMILES string of the molecule is CCOCC(NC1CCC(NC(=O)OC(C)(C)C)C1)C(C)C. The molecule has 5 nitrogen and oxygen atoms in total. The molecular weight excluding hydrogens is 280 g/mol. The van der Waals surface area contributed by atoms with E-state index in [1.165, 1.54) is 0 Å². The van der Waals surface area contributed by atoms with Crippen LogP contribution in [0.4, 0.5) is 4.79 Å². The van der Waals surface area contributed by atoms with Crippen molar-refractivity contribution in [1.29, 1.82) is 0 Å². The highest BCUT2D eigenvalue weighted by molar-refractivity contribution is 5.68. The average Bonchev–Trinajstić information content (AvgIpc) is 2.78. The van der Waals surface area contributed by atoms with Gasteiger partial charge in [-0.1, -0.05) is 13.8 Å². The van der Waals surface area contributed by atoms with E-state index < -0.39 is 5.60 Å². The van der Waals surface area contributed by atoms with E-state index in [9.17, 15) is 4.79 Å². The maximum Gasteiger partial charge on any atom is 0.407 e. The number of hydrogen-bond donors (Lipinski definition) is 2. The molecule has 130 valence electrons. The van der Waals surface area contributed by atoms with Gasteiger partial charge in [0.25, 0.3) is 0 Å². The molecule has 2 N–H and O–H groups in total. The van der Waals surface area contributed by atoms with Crippen molar-refractivity contribution >= 4 is 6.09 Å². The van der Waals surface area contributed by atoms with E-state index in [1.54, 1.807) is 0 Å². The summed E-state index contributed by atoms with van der Waals surface area (Å²) >= 11 is 0. The van der Waals surface area contributed by atoms with Gasteiger partial charge in [-0.2, -0.15) is 0 Å². The van der Waals surface area contributed by atoms with E-state index in [1.807, 2.05) is 27.7 Å². The number of rotatable bonds is 7. The second-order valence-corrected chi connectivity index (χ2v) is 7.53. The highest BCUT2D eigenvalue weighted by Crippen LogP contribution is 2.21. The van der Waals surface area contributed by atoms with Gasteiger partial charge in [-0.25, -0.2) is 4.79 Å². The van der Waals surface area contributed by atoms with Crippen LogP contribution in [0.1, 0.15) is 60.8 Å². The van der Waals surface area contributed by atoms with Gasteiger partial charge >= 0.3 is 6.09 Å². The van der Waals surface area contributed by atoms with Gasteiger partial charge in [-0.15, -0.1) is 0 Å². The van der Waals surface area contributed by atoms with Crippen LogP contribution in [0.25, 0.3) is 0 Å². The fourth-order valence-corrected chi connectivity index (χ4v) is 2.72. The minimum absolute atomic E-state index is 0.201. The van der Waals surface area contributed by atoms with Gasteiger partial charge in [0.05, 0.1) is 6.61 Å². The zero-order valence-corrected chi connectivity index (χ0v) is 15.1. The summed E-state index contributed by atoms with van der Waals surface area (Å²) in [6.07, 6.45) is 2.72. The monoisotopic (exact) mass is 314 g/mol. The topological polar surface area (TPSA) is 59.6 Å². The maximum absolute atomic E-state index is 11.8. The van der Waals surface area contributed by atoms with Crippen LogP contribution in [-0.2, 0) is 9.47 Å². The predicted octanol–water partition coefficient (Wildman–Crippen LogP) is 3.08. The lowest BCUT2D eigenvalue weighted by Crippen LogP contribution is -2.44. The van der Waals surface area contributed by atoms with Gasteiger partial charge in [-0.3, -0.25) is 0 Å². The first kappa shape index (κ1) is 19.2. The standard InChI is InChI=1S/C17H34N2O3/c1-7-21-11-15(12(2)3)18-13-8-9-14(10-13)19-16(20)22-17(4,5)6/h12-15,18H,7-11H2,1-6H3,(H,19,20). The normalized spacial score (nSPS) is 23.6. The lowest BCUT2D eigenvalue weighted by molar-refractivity contribution is 0.0504. The summed E-state index contributed by atoms with van der Waals surface area (Å²) < 4.78 is 10.9. The second-order valence-electron chi connectivity index (χ2n) is 7.53. The van der Waals surface area contributed by atoms with E-state index in [0.29, 0.717) is 18.0 Å². The van der Waals surface area contributed by atoms with Crippen LogP contribution in [0.2, 0.25) is 0 Å². The largest absolute Gasteiger partial charge is 0.444 e. The van der Waals surface area contributed by atoms with Gasteiger partial charge in [0.2, 0.25) is 0 Å². The Morgan fingerprint density at radius 2 is 1.86 bits per heavy atom. The van der Waals surface area contributed by atoms with Crippen molar-refractivity contribution in [1.82, 2.24) is 10.6 Å². The lowest BCUT2D eigenvalue weighted by atomic mass is 10.0. The Kier molecular flexibility index (Phi) is 7.63. The molecule has 1 aliphatic carbocycles. The Labute approximate surface area is 135 Å². The Balaban J connectivity index is 2.37. The summed E-state index contributed by atoms with van der Waals surface area (Å²) in [6, 6.07) is 1.00. The molecule has 22 heavy (non-hydrogen) atoms. The van der Waals surface area contributed by atoms with Crippen molar-refractivity contribution in [2.24, 2.45) is 5.92 Å². The summed E-state index contributed by atoms with van der Waals surface area (Å²) in [7, 11) is 0. The number of amides is 1. The Bertz CT molecular complexity index is 339. The van der Waals surface area contributed by atoms with Crippen molar-refractivity contribution < 1.29 is 14.3 Å². The lowest BCUT2D eigenvalue weighted by Gasteiger charge is -2.26. The van der Waals surface area contributed by atoms with E-state index in [-0.39, 0.29) is 12.1 Å². The number of carbonyl (C=O) groups excluding carboxylic acids is 1. The summed E-state index contributed by atoms with van der Waals surface area (Å²) in [5, 5.41) is 6.66. The number of ether oxygens (including phenoxy) is 2. The molecule has 3 atom stereocenters. The average molecular weight is 314 g/mol. The van der Waals surface area contributed by atoms with Crippen molar-refractivity contribution in [2.45, 2.75) is 84.5 Å². The van der Waals surface area contributed by atoms with Crippen LogP contribution >= 0.6 is 0 Å². The molecule has 5 heteroatoms. The molecule has 1 rings (SSSR count). The highest BCUT2D eigenvalue weighted by atomic mass is 16.6. The molecule has 0 aromatic rings. The number of hydrogen-bond acceptors (Lipinski definition) is 4. The zero-order chi connectivity index (χ0) is 16.8. The molecule has 1 fully saturated rings. The molecule has 3 unspecified atom stereocenters. The van der Waals surface area contributed by atoms with E-state index in [2.05, 4.69) is 24.5 Å². The fraction of sp³-hybridized carbons (Fsp3) is 0.941. The van der Waals surface area contributed by atoms with Gasteiger partial charge in [0.15, 0.2) is 0 Å². The first-order valence-corrected chi connectivity index (χ1v) is 8.54. The molecule has 0 aromatic heterocycles. The van der Waals surface area contributed by atoms with Crippen LogP contribution in [0.5, 0.6) is 0 Å². The molecule has 0 spiro atoms. The van der Waals surface area contributed by atoms with E-state index in [4.69, 9.17) is 9.47 Å². The predicted molar refractivity (Wildman–Crippen MR) is 89.1 cm³/mol. The van der Waals surface area contributed by atoms with E-state index >= 15 is 0 Å². The molecular formula is C17H34N2O3. The van der Waals surface area contributed by atoms with Crippen molar-refractivity contribution in [3.8, 4) is 0 Å². The molecule has 1 saturated carbocycles. The van der Waals surface area contributed by atoms with Gasteiger partial charge in [0, 0.05) is 24.7 Å². The molecule has 0 radical (unpaired) electrons. The second kappa shape index (κ2) is 8.73. The van der Waals surface area contributed by atoms with Gasteiger partial charge < -0.3 is 20.1 Å². The van der Waals surface area contributed by atoms with Gasteiger partial charge in [0.1, 0.15) is 5.60 Å². The molecule has 0 heterocycles. The van der Waals surface area contributed by atoms with Crippen molar-refractivity contribution in [3.63, 3.8) is 0 Å². The molecule has 0 saturated heterocycles. The third-order valence-corrected chi connectivity index (χ3v) is 3.91. The summed E-state index contributed by atoms with van der Waals surface area (Å²) in [6.45, 7) is 13.6. The highest BCUT2D eigenvalue weighted by Gasteiger charge is 2.29. The number of alkyl carbamates (subject to hydrolysis) is 1. The molecule has 0 bridgehead atoms. The summed E-state index contributed by atoms with van der Waals surface area (Å²) in [4.78, 5) is 11.8. The van der Waals surface area contributed by atoms with Crippen LogP contribution in [0.15, 0.2) is 0 Å². The molecule has 1 amide bonds. The van der Waals surface area contributed by atoms with Gasteiger partial charge in [-0.05, 0) is 52.9 Å². The number of nitrogens with one attached hydrogen (secondary N) is 2. The summed E-state index contributed by atoms with van der Waals surface area (Å²) in [5.41, 5.74) is -0.444. The minimum atomic E-state index is -0.444. The first-order chi connectivity index (χ1) is 10.2. The molecule has 1 aliphatic rings. The molecule has 0 aromatic carbocycles. The Morgan fingerprint density at radius 3 is 2.41 bits per heavy atom. The summed E-state index contributed by atoms with van der Waals surface area (Å²) in [5.74, 6) is 0.532. The third kappa shape index (κ3) is 7.45. The van der Waals surface area contributed by atoms with Crippen LogP contribution < -0.4 is 10.6 Å². The maximum atomic E-state index is 11.8. The smallest absolute Gasteiger partial charge is 0.407 e. The quantitative estimate of drug-likeness (QED) is 0.758. The zero-order valence-electron chi connectivity index (χ0n) is 15.1.